The molecule has 1 saturated carbocycles. The molecule has 3 aliphatic rings. The molecular weight excluding hydrogens is 354 g/mol. The number of hydrogen-bond donors (Lipinski definition) is 1. The highest BCUT2D eigenvalue weighted by molar-refractivity contribution is 5.80. The van der Waals surface area contributed by atoms with Gasteiger partial charge in [-0.25, -0.2) is 0 Å². The SMILES string of the molecule is CN=C(NCCC1CCCC(C)C1)N1CCN(CC(=O)N2CCOCC2)CC1. The van der Waals surface area contributed by atoms with Gasteiger partial charge in [-0.2, -0.15) is 0 Å². The van der Waals surface area contributed by atoms with Gasteiger partial charge in [-0.05, 0) is 24.7 Å². The van der Waals surface area contributed by atoms with Gasteiger partial charge in [-0.15, -0.1) is 0 Å². The van der Waals surface area contributed by atoms with Gasteiger partial charge in [0.25, 0.3) is 0 Å². The minimum absolute atomic E-state index is 0.237. The van der Waals surface area contributed by atoms with Gasteiger partial charge in [-0.1, -0.05) is 26.2 Å². The number of aliphatic imine (C=N–C) groups is 1. The first-order chi connectivity index (χ1) is 13.7. The second-order valence-electron chi connectivity index (χ2n) is 8.66. The van der Waals surface area contributed by atoms with Crippen molar-refractivity contribution in [2.45, 2.75) is 39.0 Å². The molecule has 2 heterocycles. The molecule has 0 bridgehead atoms. The number of nitrogens with zero attached hydrogens (tertiary/aromatic N) is 4. The van der Waals surface area contributed by atoms with Crippen LogP contribution in [0, 0.1) is 11.8 Å². The number of morpholine rings is 1. The van der Waals surface area contributed by atoms with E-state index in [2.05, 4.69) is 27.0 Å². The topological polar surface area (TPSA) is 60.4 Å². The van der Waals surface area contributed by atoms with Crippen LogP contribution in [0.2, 0.25) is 0 Å². The molecule has 3 rings (SSSR count). The number of nitrogens with one attached hydrogen (secondary N) is 1. The Morgan fingerprint density at radius 3 is 2.50 bits per heavy atom. The lowest BCUT2D eigenvalue weighted by atomic mass is 9.81. The molecular formula is C21H39N5O2. The summed E-state index contributed by atoms with van der Waals surface area (Å²) in [5, 5.41) is 3.58. The third-order valence-electron chi connectivity index (χ3n) is 6.49. The minimum Gasteiger partial charge on any atom is -0.378 e. The van der Waals surface area contributed by atoms with E-state index in [0.717, 1.165) is 63.6 Å². The van der Waals surface area contributed by atoms with Crippen LogP contribution >= 0.6 is 0 Å². The summed E-state index contributed by atoms with van der Waals surface area (Å²) in [6.07, 6.45) is 6.82. The predicted octanol–water partition coefficient (Wildman–Crippen LogP) is 1.25. The summed E-state index contributed by atoms with van der Waals surface area (Å²) in [6, 6.07) is 0. The van der Waals surface area contributed by atoms with Crippen molar-refractivity contribution in [1.82, 2.24) is 20.0 Å². The van der Waals surface area contributed by atoms with Crippen molar-refractivity contribution in [3.05, 3.63) is 0 Å². The minimum atomic E-state index is 0.237. The second kappa shape index (κ2) is 11.0. The summed E-state index contributed by atoms with van der Waals surface area (Å²) < 4.78 is 5.33. The average molecular weight is 394 g/mol. The molecule has 1 aliphatic carbocycles. The molecule has 2 atom stereocenters. The molecule has 0 radical (unpaired) electrons. The number of amides is 1. The van der Waals surface area contributed by atoms with E-state index >= 15 is 0 Å². The Labute approximate surface area is 170 Å². The number of carbonyl (C=O) groups excluding carboxylic acids is 1. The summed E-state index contributed by atoms with van der Waals surface area (Å²) in [5.41, 5.74) is 0. The first-order valence-electron chi connectivity index (χ1n) is 11.2. The van der Waals surface area contributed by atoms with Crippen LogP contribution in [0.1, 0.15) is 39.0 Å². The lowest BCUT2D eigenvalue weighted by Crippen LogP contribution is -2.55. The summed E-state index contributed by atoms with van der Waals surface area (Å²) in [6.45, 7) is 10.4. The quantitative estimate of drug-likeness (QED) is 0.563. The van der Waals surface area contributed by atoms with E-state index in [1.807, 2.05) is 11.9 Å². The third-order valence-corrected chi connectivity index (χ3v) is 6.49. The maximum atomic E-state index is 12.4. The molecule has 2 saturated heterocycles. The monoisotopic (exact) mass is 393 g/mol. The van der Waals surface area contributed by atoms with Crippen molar-refractivity contribution in [3.8, 4) is 0 Å². The molecule has 28 heavy (non-hydrogen) atoms. The number of guanidine groups is 1. The highest BCUT2D eigenvalue weighted by Crippen LogP contribution is 2.30. The van der Waals surface area contributed by atoms with E-state index in [1.165, 1.54) is 32.1 Å². The molecule has 1 N–H and O–H groups in total. The predicted molar refractivity (Wildman–Crippen MR) is 113 cm³/mol. The van der Waals surface area contributed by atoms with Crippen LogP contribution in [0.4, 0.5) is 0 Å². The first-order valence-corrected chi connectivity index (χ1v) is 11.2. The highest BCUT2D eigenvalue weighted by atomic mass is 16.5. The number of rotatable bonds is 5. The number of piperazine rings is 1. The van der Waals surface area contributed by atoms with Gasteiger partial charge in [0, 0.05) is 52.9 Å². The molecule has 7 nitrogen and oxygen atoms in total. The number of ether oxygens (including phenoxy) is 1. The van der Waals surface area contributed by atoms with Gasteiger partial charge in [0.2, 0.25) is 5.91 Å². The Morgan fingerprint density at radius 1 is 1.07 bits per heavy atom. The maximum Gasteiger partial charge on any atom is 0.236 e. The molecule has 1 amide bonds. The molecule has 0 aromatic carbocycles. The Morgan fingerprint density at radius 2 is 1.82 bits per heavy atom. The van der Waals surface area contributed by atoms with Crippen molar-refractivity contribution in [2.24, 2.45) is 16.8 Å². The normalized spacial score (nSPS) is 27.7. The van der Waals surface area contributed by atoms with E-state index in [1.54, 1.807) is 0 Å². The summed E-state index contributed by atoms with van der Waals surface area (Å²) in [5.74, 6) is 3.02. The van der Waals surface area contributed by atoms with E-state index in [-0.39, 0.29) is 5.91 Å². The number of carbonyl (C=O) groups is 1. The molecule has 0 spiro atoms. The zero-order valence-electron chi connectivity index (χ0n) is 17.9. The largest absolute Gasteiger partial charge is 0.378 e. The van der Waals surface area contributed by atoms with Gasteiger partial charge in [0.1, 0.15) is 0 Å². The van der Waals surface area contributed by atoms with Gasteiger partial charge < -0.3 is 19.9 Å². The molecule has 160 valence electrons. The van der Waals surface area contributed by atoms with E-state index in [4.69, 9.17) is 4.74 Å². The van der Waals surface area contributed by atoms with Crippen LogP contribution in [-0.4, -0.2) is 99.2 Å². The van der Waals surface area contributed by atoms with Gasteiger partial charge in [-0.3, -0.25) is 14.7 Å². The Hall–Kier alpha value is -1.34. The molecule has 2 aliphatic heterocycles. The van der Waals surface area contributed by atoms with Crippen molar-refractivity contribution >= 4 is 11.9 Å². The summed E-state index contributed by atoms with van der Waals surface area (Å²) in [7, 11) is 1.87. The van der Waals surface area contributed by atoms with Gasteiger partial charge in [0.05, 0.1) is 19.8 Å². The van der Waals surface area contributed by atoms with Crippen molar-refractivity contribution < 1.29 is 9.53 Å². The molecule has 2 unspecified atom stereocenters. The summed E-state index contributed by atoms with van der Waals surface area (Å²) in [4.78, 5) is 23.5. The maximum absolute atomic E-state index is 12.4. The van der Waals surface area contributed by atoms with Crippen LogP contribution in [0.25, 0.3) is 0 Å². The van der Waals surface area contributed by atoms with Crippen molar-refractivity contribution in [1.29, 1.82) is 0 Å². The van der Waals surface area contributed by atoms with Gasteiger partial charge in [0.15, 0.2) is 5.96 Å². The lowest BCUT2D eigenvalue weighted by molar-refractivity contribution is -0.136. The van der Waals surface area contributed by atoms with E-state index in [9.17, 15) is 4.79 Å². The molecule has 3 fully saturated rings. The number of hydrogen-bond acceptors (Lipinski definition) is 4. The fourth-order valence-electron chi connectivity index (χ4n) is 4.76. The fraction of sp³-hybridized carbons (Fsp3) is 0.905. The zero-order valence-corrected chi connectivity index (χ0v) is 17.9. The Bertz CT molecular complexity index is 513. The second-order valence-corrected chi connectivity index (χ2v) is 8.66. The van der Waals surface area contributed by atoms with E-state index < -0.39 is 0 Å². The lowest BCUT2D eigenvalue weighted by Gasteiger charge is -2.37. The smallest absolute Gasteiger partial charge is 0.236 e. The van der Waals surface area contributed by atoms with Gasteiger partial charge >= 0.3 is 0 Å². The zero-order chi connectivity index (χ0) is 19.8. The molecule has 7 heteroatoms. The Balaban J connectivity index is 1.35. The van der Waals surface area contributed by atoms with Crippen LogP contribution in [0.5, 0.6) is 0 Å². The molecule has 0 aromatic heterocycles. The molecule has 0 aromatic rings. The first kappa shape index (κ1) is 21.4. The van der Waals surface area contributed by atoms with Crippen LogP contribution < -0.4 is 5.32 Å². The Kier molecular flexibility index (Phi) is 8.40. The van der Waals surface area contributed by atoms with Crippen LogP contribution in [0.3, 0.4) is 0 Å². The highest BCUT2D eigenvalue weighted by Gasteiger charge is 2.24. The van der Waals surface area contributed by atoms with E-state index in [0.29, 0.717) is 19.8 Å². The van der Waals surface area contributed by atoms with Crippen LogP contribution in [-0.2, 0) is 9.53 Å². The summed E-state index contributed by atoms with van der Waals surface area (Å²) >= 11 is 0. The standard InChI is InChI=1S/C21H39N5O2/c1-18-4-3-5-19(16-18)6-7-23-21(22-2)26-10-8-24(9-11-26)17-20(27)25-12-14-28-15-13-25/h18-19H,3-17H2,1-2H3,(H,22,23). The third kappa shape index (κ3) is 6.34. The average Bonchev–Trinajstić information content (AvgIpc) is 2.73. The van der Waals surface area contributed by atoms with Crippen LogP contribution in [0.15, 0.2) is 4.99 Å². The van der Waals surface area contributed by atoms with Crippen molar-refractivity contribution in [3.63, 3.8) is 0 Å². The fourth-order valence-corrected chi connectivity index (χ4v) is 4.76. The van der Waals surface area contributed by atoms with Crippen molar-refractivity contribution in [2.75, 3.05) is 72.6 Å².